The summed E-state index contributed by atoms with van der Waals surface area (Å²) in [4.78, 5) is 14.9. The molecular formula is C12H7Cl3N2O2. The molecule has 0 aliphatic heterocycles. The molecule has 2 rings (SSSR count). The lowest BCUT2D eigenvalue weighted by molar-refractivity contribution is 0.0995. The molecule has 3 N–H and O–H groups in total. The van der Waals surface area contributed by atoms with Crippen LogP contribution in [0.5, 0.6) is 5.75 Å². The fourth-order valence-electron chi connectivity index (χ4n) is 1.58. The minimum atomic E-state index is -0.683. The maximum atomic E-state index is 11.1. The summed E-state index contributed by atoms with van der Waals surface area (Å²) in [6, 6.07) is 4.25. The molecule has 1 aromatic heterocycles. The normalized spacial score (nSPS) is 10.5. The summed E-state index contributed by atoms with van der Waals surface area (Å²) in [5.41, 5.74) is 5.93. The van der Waals surface area contributed by atoms with Gasteiger partial charge in [-0.1, -0.05) is 34.8 Å². The van der Waals surface area contributed by atoms with Crippen molar-refractivity contribution in [1.82, 2.24) is 4.98 Å². The van der Waals surface area contributed by atoms with Crippen LogP contribution >= 0.6 is 34.8 Å². The number of rotatable bonds is 2. The maximum Gasteiger partial charge on any atom is 0.267 e. The summed E-state index contributed by atoms with van der Waals surface area (Å²) in [6.07, 6.45) is 1.38. The van der Waals surface area contributed by atoms with E-state index in [1.54, 1.807) is 6.07 Å². The topological polar surface area (TPSA) is 76.2 Å². The van der Waals surface area contributed by atoms with E-state index < -0.39 is 5.91 Å². The molecule has 0 saturated heterocycles. The first-order valence-electron chi connectivity index (χ1n) is 5.04. The second-order valence-electron chi connectivity index (χ2n) is 3.67. The van der Waals surface area contributed by atoms with Crippen LogP contribution in [0, 0.1) is 0 Å². The zero-order chi connectivity index (χ0) is 14.2. The predicted octanol–water partition coefficient (Wildman–Crippen LogP) is 3.51. The number of aromatic hydroxyl groups is 1. The van der Waals surface area contributed by atoms with E-state index in [0.29, 0.717) is 5.56 Å². The number of primary amides is 1. The molecular weight excluding hydrogens is 311 g/mol. The number of carbonyl (C=O) groups excluding carboxylic acids is 1. The van der Waals surface area contributed by atoms with Crippen molar-refractivity contribution in [2.45, 2.75) is 0 Å². The van der Waals surface area contributed by atoms with Gasteiger partial charge in [-0.15, -0.1) is 0 Å². The second kappa shape index (κ2) is 5.25. The number of hydrogen-bond acceptors (Lipinski definition) is 3. The highest BCUT2D eigenvalue weighted by molar-refractivity contribution is 6.49. The molecule has 4 nitrogen and oxygen atoms in total. The Morgan fingerprint density at radius 2 is 1.89 bits per heavy atom. The van der Waals surface area contributed by atoms with Crippen molar-refractivity contribution < 1.29 is 9.90 Å². The number of phenolic OH excluding ortho intramolecular Hbond substituents is 1. The molecule has 1 heterocycles. The third-order valence-electron chi connectivity index (χ3n) is 2.44. The third kappa shape index (κ3) is 2.61. The van der Waals surface area contributed by atoms with Crippen molar-refractivity contribution in [2.75, 3.05) is 0 Å². The van der Waals surface area contributed by atoms with Crippen LogP contribution in [-0.2, 0) is 0 Å². The summed E-state index contributed by atoms with van der Waals surface area (Å²) >= 11 is 17.8. The molecule has 2 aromatic rings. The molecule has 1 aromatic carbocycles. The Labute approximate surface area is 123 Å². The SMILES string of the molecule is NC(=O)c1cc(-c2c(O)cc(Cl)c(Cl)c2Cl)ccn1. The number of nitrogens with two attached hydrogens (primary N) is 1. The number of pyridine rings is 1. The van der Waals surface area contributed by atoms with E-state index in [1.807, 2.05) is 0 Å². The minimum absolute atomic E-state index is 0.0547. The van der Waals surface area contributed by atoms with Crippen LogP contribution in [0.25, 0.3) is 11.1 Å². The van der Waals surface area contributed by atoms with E-state index in [1.165, 1.54) is 18.3 Å². The van der Waals surface area contributed by atoms with Crippen LogP contribution in [0.15, 0.2) is 24.4 Å². The quantitative estimate of drug-likeness (QED) is 0.832. The van der Waals surface area contributed by atoms with Crippen molar-refractivity contribution >= 4 is 40.7 Å². The van der Waals surface area contributed by atoms with Crippen LogP contribution in [0.1, 0.15) is 10.5 Å². The van der Waals surface area contributed by atoms with Gasteiger partial charge in [-0.2, -0.15) is 0 Å². The van der Waals surface area contributed by atoms with E-state index in [9.17, 15) is 9.90 Å². The molecule has 0 saturated carbocycles. The van der Waals surface area contributed by atoms with Crippen molar-refractivity contribution in [2.24, 2.45) is 5.73 Å². The number of phenols is 1. The van der Waals surface area contributed by atoms with E-state index in [4.69, 9.17) is 40.5 Å². The van der Waals surface area contributed by atoms with E-state index >= 15 is 0 Å². The number of hydrogen-bond donors (Lipinski definition) is 2. The van der Waals surface area contributed by atoms with Gasteiger partial charge in [0, 0.05) is 17.8 Å². The van der Waals surface area contributed by atoms with Gasteiger partial charge < -0.3 is 10.8 Å². The van der Waals surface area contributed by atoms with Gasteiger partial charge >= 0.3 is 0 Å². The Bertz CT molecular complexity index is 674. The first-order valence-corrected chi connectivity index (χ1v) is 6.18. The molecule has 19 heavy (non-hydrogen) atoms. The Balaban J connectivity index is 2.69. The highest BCUT2D eigenvalue weighted by Gasteiger charge is 2.17. The number of halogens is 3. The largest absolute Gasteiger partial charge is 0.507 e. The summed E-state index contributed by atoms with van der Waals surface area (Å²) in [5.74, 6) is -0.835. The van der Waals surface area contributed by atoms with Crippen molar-refractivity contribution in [3.63, 3.8) is 0 Å². The lowest BCUT2D eigenvalue weighted by atomic mass is 10.0. The molecule has 0 aliphatic carbocycles. The molecule has 7 heteroatoms. The minimum Gasteiger partial charge on any atom is -0.507 e. The van der Waals surface area contributed by atoms with Gasteiger partial charge in [0.25, 0.3) is 5.91 Å². The Morgan fingerprint density at radius 3 is 2.53 bits per heavy atom. The summed E-state index contributed by atoms with van der Waals surface area (Å²) in [6.45, 7) is 0. The second-order valence-corrected chi connectivity index (χ2v) is 4.84. The van der Waals surface area contributed by atoms with Crippen molar-refractivity contribution in [3.05, 3.63) is 45.2 Å². The van der Waals surface area contributed by atoms with Crippen LogP contribution in [0.4, 0.5) is 0 Å². The lowest BCUT2D eigenvalue weighted by Crippen LogP contribution is -2.12. The van der Waals surface area contributed by atoms with E-state index in [0.717, 1.165) is 0 Å². The fourth-order valence-corrected chi connectivity index (χ4v) is 2.28. The van der Waals surface area contributed by atoms with Gasteiger partial charge in [-0.25, -0.2) is 0 Å². The molecule has 1 amide bonds. The van der Waals surface area contributed by atoms with Gasteiger partial charge in [-0.05, 0) is 17.7 Å². The monoisotopic (exact) mass is 316 g/mol. The van der Waals surface area contributed by atoms with E-state index in [-0.39, 0.29) is 32.1 Å². The number of benzene rings is 1. The van der Waals surface area contributed by atoms with Crippen LogP contribution in [0.2, 0.25) is 15.1 Å². The molecule has 98 valence electrons. The van der Waals surface area contributed by atoms with Gasteiger partial charge in [0.05, 0.1) is 15.1 Å². The molecule has 0 unspecified atom stereocenters. The summed E-state index contributed by atoms with van der Waals surface area (Å²) in [5, 5.41) is 10.3. The smallest absolute Gasteiger partial charge is 0.267 e. The standard InChI is InChI=1S/C12H7Cl3N2O2/c13-6-4-8(18)9(11(15)10(6)14)5-1-2-17-7(3-5)12(16)19/h1-4,18H,(H2,16,19). The van der Waals surface area contributed by atoms with Gasteiger partial charge in [-0.3, -0.25) is 9.78 Å². The highest BCUT2D eigenvalue weighted by Crippen LogP contribution is 2.43. The Morgan fingerprint density at radius 1 is 1.21 bits per heavy atom. The van der Waals surface area contributed by atoms with Crippen molar-refractivity contribution in [3.8, 4) is 16.9 Å². The Hall–Kier alpha value is -1.49. The van der Waals surface area contributed by atoms with Gasteiger partial charge in [0.1, 0.15) is 11.4 Å². The molecule has 0 fully saturated rings. The number of carbonyl (C=O) groups is 1. The molecule has 0 aliphatic rings. The maximum absolute atomic E-state index is 11.1. The molecule has 0 radical (unpaired) electrons. The molecule has 0 bridgehead atoms. The number of aromatic nitrogens is 1. The van der Waals surface area contributed by atoms with E-state index in [2.05, 4.69) is 4.98 Å². The lowest BCUT2D eigenvalue weighted by Gasteiger charge is -2.10. The first-order chi connectivity index (χ1) is 8.91. The predicted molar refractivity (Wildman–Crippen MR) is 74.9 cm³/mol. The fraction of sp³-hybridized carbons (Fsp3) is 0. The average molecular weight is 318 g/mol. The van der Waals surface area contributed by atoms with Crippen LogP contribution in [0.3, 0.4) is 0 Å². The summed E-state index contributed by atoms with van der Waals surface area (Å²) in [7, 11) is 0. The molecule has 0 spiro atoms. The Kier molecular flexibility index (Phi) is 3.85. The van der Waals surface area contributed by atoms with Crippen LogP contribution in [-0.4, -0.2) is 16.0 Å². The molecule has 0 atom stereocenters. The number of nitrogens with zero attached hydrogens (tertiary/aromatic N) is 1. The van der Waals surface area contributed by atoms with Crippen LogP contribution < -0.4 is 5.73 Å². The highest BCUT2D eigenvalue weighted by atomic mass is 35.5. The average Bonchev–Trinajstić information content (AvgIpc) is 2.36. The van der Waals surface area contributed by atoms with Crippen molar-refractivity contribution in [1.29, 1.82) is 0 Å². The summed E-state index contributed by atoms with van der Waals surface area (Å²) < 4.78 is 0. The third-order valence-corrected chi connectivity index (χ3v) is 3.70. The first kappa shape index (κ1) is 13.9. The van der Waals surface area contributed by atoms with Gasteiger partial charge in [0.15, 0.2) is 0 Å². The van der Waals surface area contributed by atoms with Gasteiger partial charge in [0.2, 0.25) is 0 Å². The zero-order valence-electron chi connectivity index (χ0n) is 9.32. The number of amides is 1. The zero-order valence-corrected chi connectivity index (χ0v) is 11.6.